The SMILES string of the molecule is CNC(=S)N(CCN(C)C)[C@H]1CC[C@H](C)CC1. The Balaban J connectivity index is 2.53. The van der Waals surface area contributed by atoms with E-state index in [2.05, 4.69) is 36.1 Å². The number of nitrogens with zero attached hydrogens (tertiary/aromatic N) is 2. The van der Waals surface area contributed by atoms with Gasteiger partial charge in [-0.3, -0.25) is 0 Å². The Labute approximate surface area is 112 Å². The van der Waals surface area contributed by atoms with Crippen molar-refractivity contribution in [3.63, 3.8) is 0 Å². The Kier molecular flexibility index (Phi) is 6.20. The molecule has 1 aliphatic carbocycles. The molecule has 0 aliphatic heterocycles. The highest BCUT2D eigenvalue weighted by molar-refractivity contribution is 7.80. The van der Waals surface area contributed by atoms with Crippen LogP contribution in [0, 0.1) is 5.92 Å². The minimum atomic E-state index is 0.645. The van der Waals surface area contributed by atoms with Gasteiger partial charge >= 0.3 is 0 Å². The number of rotatable bonds is 4. The van der Waals surface area contributed by atoms with Crippen LogP contribution in [-0.4, -0.2) is 55.2 Å². The van der Waals surface area contributed by atoms with Crippen LogP contribution in [0.3, 0.4) is 0 Å². The highest BCUT2D eigenvalue weighted by Crippen LogP contribution is 2.27. The molecular weight excluding hydrogens is 230 g/mol. The zero-order valence-electron chi connectivity index (χ0n) is 11.7. The van der Waals surface area contributed by atoms with Gasteiger partial charge < -0.3 is 15.1 Å². The van der Waals surface area contributed by atoms with Crippen LogP contribution in [-0.2, 0) is 0 Å². The van der Waals surface area contributed by atoms with E-state index in [9.17, 15) is 0 Å². The van der Waals surface area contributed by atoms with Crippen LogP contribution < -0.4 is 5.32 Å². The fourth-order valence-corrected chi connectivity index (χ4v) is 2.70. The molecule has 0 saturated heterocycles. The molecule has 1 N–H and O–H groups in total. The van der Waals surface area contributed by atoms with Gasteiger partial charge in [-0.15, -0.1) is 0 Å². The Morgan fingerprint density at radius 2 is 1.76 bits per heavy atom. The third kappa shape index (κ3) is 4.80. The second-order valence-corrected chi connectivity index (χ2v) is 5.85. The van der Waals surface area contributed by atoms with E-state index in [-0.39, 0.29) is 0 Å². The highest BCUT2D eigenvalue weighted by Gasteiger charge is 2.25. The van der Waals surface area contributed by atoms with Crippen molar-refractivity contribution in [3.8, 4) is 0 Å². The molecule has 17 heavy (non-hydrogen) atoms. The van der Waals surface area contributed by atoms with E-state index in [1.807, 2.05) is 7.05 Å². The third-order valence-electron chi connectivity index (χ3n) is 3.69. The summed E-state index contributed by atoms with van der Waals surface area (Å²) in [4.78, 5) is 4.61. The van der Waals surface area contributed by atoms with Gasteiger partial charge in [-0.25, -0.2) is 0 Å². The summed E-state index contributed by atoms with van der Waals surface area (Å²) in [7, 11) is 6.16. The van der Waals surface area contributed by atoms with Crippen LogP contribution in [0.15, 0.2) is 0 Å². The second-order valence-electron chi connectivity index (χ2n) is 5.47. The molecule has 0 aromatic heterocycles. The first-order chi connectivity index (χ1) is 8.04. The quantitative estimate of drug-likeness (QED) is 0.776. The monoisotopic (exact) mass is 257 g/mol. The van der Waals surface area contributed by atoms with Gasteiger partial charge in [0, 0.05) is 26.2 Å². The molecule has 4 heteroatoms. The minimum Gasteiger partial charge on any atom is -0.366 e. The molecule has 0 unspecified atom stereocenters. The maximum atomic E-state index is 5.44. The summed E-state index contributed by atoms with van der Waals surface area (Å²) >= 11 is 5.44. The van der Waals surface area contributed by atoms with Crippen LogP contribution >= 0.6 is 12.2 Å². The van der Waals surface area contributed by atoms with Gasteiger partial charge in [-0.1, -0.05) is 6.92 Å². The number of thiocarbonyl (C=S) groups is 1. The van der Waals surface area contributed by atoms with Crippen molar-refractivity contribution in [1.29, 1.82) is 0 Å². The van der Waals surface area contributed by atoms with Gasteiger partial charge in [0.1, 0.15) is 0 Å². The zero-order chi connectivity index (χ0) is 12.8. The lowest BCUT2D eigenvalue weighted by molar-refractivity contribution is 0.199. The maximum absolute atomic E-state index is 5.44. The number of nitrogens with one attached hydrogen (secondary N) is 1. The second kappa shape index (κ2) is 7.17. The van der Waals surface area contributed by atoms with E-state index in [1.165, 1.54) is 25.7 Å². The molecule has 0 spiro atoms. The molecule has 100 valence electrons. The van der Waals surface area contributed by atoms with Crippen molar-refractivity contribution in [1.82, 2.24) is 15.1 Å². The first kappa shape index (κ1) is 14.7. The molecule has 0 aromatic rings. The van der Waals surface area contributed by atoms with E-state index in [0.29, 0.717) is 6.04 Å². The molecule has 3 nitrogen and oxygen atoms in total. The Morgan fingerprint density at radius 3 is 2.24 bits per heavy atom. The largest absolute Gasteiger partial charge is 0.366 e. The van der Waals surface area contributed by atoms with Gasteiger partial charge in [0.05, 0.1) is 0 Å². The summed E-state index contributed by atoms with van der Waals surface area (Å²) in [6.45, 7) is 4.45. The van der Waals surface area contributed by atoms with Crippen molar-refractivity contribution in [2.75, 3.05) is 34.2 Å². The number of likely N-dealkylation sites (N-methyl/N-ethyl adjacent to an activating group) is 1. The standard InChI is InChI=1S/C13H27N3S/c1-11-5-7-12(8-6-11)16(13(17)14-2)10-9-15(3)4/h11-12H,5-10H2,1-4H3,(H,14,17)/t11-,12-. The molecule has 1 fully saturated rings. The predicted molar refractivity (Wildman–Crippen MR) is 78.3 cm³/mol. The molecule has 0 aromatic carbocycles. The van der Waals surface area contributed by atoms with E-state index >= 15 is 0 Å². The van der Waals surface area contributed by atoms with Crippen LogP contribution in [0.4, 0.5) is 0 Å². The van der Waals surface area contributed by atoms with Gasteiger partial charge in [-0.2, -0.15) is 0 Å². The average molecular weight is 257 g/mol. The fraction of sp³-hybridized carbons (Fsp3) is 0.923. The molecule has 1 aliphatic rings. The summed E-state index contributed by atoms with van der Waals surface area (Å²) in [6.07, 6.45) is 5.26. The fourth-order valence-electron chi connectivity index (χ4n) is 2.46. The molecular formula is C13H27N3S. The van der Waals surface area contributed by atoms with E-state index in [1.54, 1.807) is 0 Å². The molecule has 0 radical (unpaired) electrons. The van der Waals surface area contributed by atoms with Crippen molar-refractivity contribution >= 4 is 17.3 Å². The van der Waals surface area contributed by atoms with Crippen LogP contribution in [0.1, 0.15) is 32.6 Å². The van der Waals surface area contributed by atoms with E-state index < -0.39 is 0 Å². The first-order valence-electron chi connectivity index (χ1n) is 6.67. The summed E-state index contributed by atoms with van der Waals surface area (Å²) in [6, 6.07) is 0.645. The van der Waals surface area contributed by atoms with E-state index in [4.69, 9.17) is 12.2 Å². The van der Waals surface area contributed by atoms with Crippen LogP contribution in [0.5, 0.6) is 0 Å². The highest BCUT2D eigenvalue weighted by atomic mass is 32.1. The van der Waals surface area contributed by atoms with Crippen LogP contribution in [0.2, 0.25) is 0 Å². The summed E-state index contributed by atoms with van der Waals surface area (Å²) in [5.41, 5.74) is 0. The van der Waals surface area contributed by atoms with Crippen molar-refractivity contribution < 1.29 is 0 Å². The van der Waals surface area contributed by atoms with Gasteiger partial charge in [0.15, 0.2) is 5.11 Å². The molecule has 0 heterocycles. The Hall–Kier alpha value is -0.350. The Bertz CT molecular complexity index is 235. The third-order valence-corrected chi connectivity index (χ3v) is 4.13. The molecule has 1 saturated carbocycles. The van der Waals surface area contributed by atoms with Gasteiger partial charge in [0.2, 0.25) is 0 Å². The lowest BCUT2D eigenvalue weighted by atomic mass is 9.86. The summed E-state index contributed by atoms with van der Waals surface area (Å²) < 4.78 is 0. The van der Waals surface area contributed by atoms with Crippen molar-refractivity contribution in [3.05, 3.63) is 0 Å². The number of hydrogen-bond donors (Lipinski definition) is 1. The molecule has 1 rings (SSSR count). The predicted octanol–water partition coefficient (Wildman–Crippen LogP) is 1.93. The topological polar surface area (TPSA) is 18.5 Å². The van der Waals surface area contributed by atoms with E-state index in [0.717, 1.165) is 24.1 Å². The number of hydrogen-bond acceptors (Lipinski definition) is 2. The molecule has 0 bridgehead atoms. The first-order valence-corrected chi connectivity index (χ1v) is 7.08. The minimum absolute atomic E-state index is 0.645. The smallest absolute Gasteiger partial charge is 0.168 e. The maximum Gasteiger partial charge on any atom is 0.168 e. The van der Waals surface area contributed by atoms with Crippen molar-refractivity contribution in [2.24, 2.45) is 5.92 Å². The Morgan fingerprint density at radius 1 is 1.18 bits per heavy atom. The van der Waals surface area contributed by atoms with Gasteiger partial charge in [-0.05, 0) is 57.9 Å². The lowest BCUT2D eigenvalue weighted by Crippen LogP contribution is -2.48. The average Bonchev–Trinajstić information content (AvgIpc) is 2.30. The summed E-state index contributed by atoms with van der Waals surface area (Å²) in [5, 5.41) is 4.04. The lowest BCUT2D eigenvalue weighted by Gasteiger charge is -2.38. The zero-order valence-corrected chi connectivity index (χ0v) is 12.5. The van der Waals surface area contributed by atoms with Gasteiger partial charge in [0.25, 0.3) is 0 Å². The normalized spacial score (nSPS) is 24.8. The molecule has 0 atom stereocenters. The summed E-state index contributed by atoms with van der Waals surface area (Å²) in [5.74, 6) is 0.894. The van der Waals surface area contributed by atoms with Crippen molar-refractivity contribution in [2.45, 2.75) is 38.6 Å². The van der Waals surface area contributed by atoms with Crippen LogP contribution in [0.25, 0.3) is 0 Å². The molecule has 0 amide bonds.